The molecule has 2 amide bonds. The van der Waals surface area contributed by atoms with Gasteiger partial charge in [0.1, 0.15) is 5.75 Å². The van der Waals surface area contributed by atoms with Crippen molar-refractivity contribution in [3.63, 3.8) is 0 Å². The third-order valence-electron chi connectivity index (χ3n) is 2.83. The lowest BCUT2D eigenvalue weighted by Crippen LogP contribution is -2.25. The van der Waals surface area contributed by atoms with Crippen LogP contribution in [0.5, 0.6) is 5.75 Å². The summed E-state index contributed by atoms with van der Waals surface area (Å²) in [5.74, 6) is 0.669. The third kappa shape index (κ3) is 2.08. The van der Waals surface area contributed by atoms with Gasteiger partial charge in [0, 0.05) is 11.6 Å². The summed E-state index contributed by atoms with van der Waals surface area (Å²) < 4.78 is 5.23. The van der Waals surface area contributed by atoms with Crippen LogP contribution in [0.15, 0.2) is 18.2 Å². The Morgan fingerprint density at radius 1 is 1.41 bits per heavy atom. The number of fused-ring (bicyclic) bond motifs is 1. The second-order valence-electron chi connectivity index (χ2n) is 4.31. The van der Waals surface area contributed by atoms with E-state index < -0.39 is 0 Å². The minimum atomic E-state index is -0.178. The fourth-order valence-electron chi connectivity index (χ4n) is 1.75. The number of ether oxygens (including phenoxy) is 1. The molecule has 1 aliphatic heterocycles. The van der Waals surface area contributed by atoms with Crippen molar-refractivity contribution in [1.82, 2.24) is 0 Å². The lowest BCUT2D eigenvalue weighted by atomic mass is 10.2. The van der Waals surface area contributed by atoms with E-state index in [4.69, 9.17) is 4.74 Å². The van der Waals surface area contributed by atoms with E-state index in [0.29, 0.717) is 17.1 Å². The van der Waals surface area contributed by atoms with Gasteiger partial charge in [-0.1, -0.05) is 0 Å². The van der Waals surface area contributed by atoms with Crippen LogP contribution < -0.4 is 15.4 Å². The Kier molecular flexibility index (Phi) is 2.24. The number of carbonyl (C=O) groups is 2. The summed E-state index contributed by atoms with van der Waals surface area (Å²) in [7, 11) is 0. The molecule has 1 aliphatic carbocycles. The lowest BCUT2D eigenvalue weighted by Gasteiger charge is -2.18. The summed E-state index contributed by atoms with van der Waals surface area (Å²) in [5.41, 5.74) is 1.29. The molecule has 2 aliphatic rings. The molecule has 0 spiro atoms. The van der Waals surface area contributed by atoms with E-state index in [0.717, 1.165) is 12.8 Å². The molecule has 0 unspecified atom stereocenters. The molecule has 0 atom stereocenters. The second-order valence-corrected chi connectivity index (χ2v) is 4.31. The molecule has 0 aromatic heterocycles. The summed E-state index contributed by atoms with van der Waals surface area (Å²) in [6.45, 7) is 0.0424. The topological polar surface area (TPSA) is 67.4 Å². The van der Waals surface area contributed by atoms with Crippen molar-refractivity contribution >= 4 is 23.2 Å². The number of benzene rings is 1. The first-order valence-corrected chi connectivity index (χ1v) is 5.60. The number of amides is 2. The number of hydrogen-bond donors (Lipinski definition) is 2. The molecule has 1 fully saturated rings. The summed E-state index contributed by atoms with van der Waals surface area (Å²) in [6, 6.07) is 5.24. The van der Waals surface area contributed by atoms with Crippen molar-refractivity contribution in [2.24, 2.45) is 5.92 Å². The molecule has 1 saturated carbocycles. The fourth-order valence-corrected chi connectivity index (χ4v) is 1.75. The molecule has 17 heavy (non-hydrogen) atoms. The van der Waals surface area contributed by atoms with Gasteiger partial charge in [0.2, 0.25) is 5.91 Å². The molecule has 0 saturated heterocycles. The second kappa shape index (κ2) is 3.76. The highest BCUT2D eigenvalue weighted by atomic mass is 16.5. The van der Waals surface area contributed by atoms with Crippen molar-refractivity contribution in [2.45, 2.75) is 12.8 Å². The van der Waals surface area contributed by atoms with Crippen LogP contribution in [0, 0.1) is 5.92 Å². The molecule has 5 nitrogen and oxygen atoms in total. The number of nitrogens with one attached hydrogen (secondary N) is 2. The van der Waals surface area contributed by atoms with Crippen LogP contribution in [0.25, 0.3) is 0 Å². The Labute approximate surface area is 98.1 Å². The third-order valence-corrected chi connectivity index (χ3v) is 2.83. The van der Waals surface area contributed by atoms with Crippen LogP contribution in [-0.4, -0.2) is 18.4 Å². The standard InChI is InChI=1S/C12H12N2O3/c15-11-6-17-10-4-3-8(5-9(10)14-11)13-12(16)7-1-2-7/h3-5,7H,1-2,6H2,(H,13,16)(H,14,15). The van der Waals surface area contributed by atoms with E-state index in [1.165, 1.54) is 0 Å². The summed E-state index contributed by atoms with van der Waals surface area (Å²) >= 11 is 0. The monoisotopic (exact) mass is 232 g/mol. The van der Waals surface area contributed by atoms with Crippen molar-refractivity contribution in [2.75, 3.05) is 17.2 Å². The SMILES string of the molecule is O=C1COc2ccc(NC(=O)C3CC3)cc2N1. The normalized spacial score (nSPS) is 17.8. The quantitative estimate of drug-likeness (QED) is 0.809. The van der Waals surface area contributed by atoms with Crippen LogP contribution in [0.2, 0.25) is 0 Å². The van der Waals surface area contributed by atoms with Gasteiger partial charge in [-0.3, -0.25) is 9.59 Å². The van der Waals surface area contributed by atoms with Gasteiger partial charge < -0.3 is 15.4 Å². The molecule has 1 aromatic carbocycles. The highest BCUT2D eigenvalue weighted by molar-refractivity contribution is 5.98. The molecule has 2 N–H and O–H groups in total. The van der Waals surface area contributed by atoms with E-state index in [-0.39, 0.29) is 24.3 Å². The maximum absolute atomic E-state index is 11.6. The van der Waals surface area contributed by atoms with Gasteiger partial charge >= 0.3 is 0 Å². The van der Waals surface area contributed by atoms with E-state index in [2.05, 4.69) is 10.6 Å². The van der Waals surface area contributed by atoms with Gasteiger partial charge in [0.25, 0.3) is 5.91 Å². The van der Waals surface area contributed by atoms with Crippen LogP contribution >= 0.6 is 0 Å². The molecule has 1 heterocycles. The van der Waals surface area contributed by atoms with Gasteiger partial charge in [0.15, 0.2) is 6.61 Å². The summed E-state index contributed by atoms with van der Waals surface area (Å²) in [6.07, 6.45) is 1.94. The summed E-state index contributed by atoms with van der Waals surface area (Å²) in [5, 5.41) is 5.53. The molecule has 88 valence electrons. The molecule has 3 rings (SSSR count). The molecule has 0 bridgehead atoms. The van der Waals surface area contributed by atoms with Crippen molar-refractivity contribution in [3.8, 4) is 5.75 Å². The number of hydrogen-bond acceptors (Lipinski definition) is 3. The van der Waals surface area contributed by atoms with Crippen molar-refractivity contribution < 1.29 is 14.3 Å². The van der Waals surface area contributed by atoms with Gasteiger partial charge in [-0.05, 0) is 31.0 Å². The van der Waals surface area contributed by atoms with Gasteiger partial charge in [-0.25, -0.2) is 0 Å². The maximum atomic E-state index is 11.6. The van der Waals surface area contributed by atoms with E-state index in [1.807, 2.05) is 0 Å². The first kappa shape index (κ1) is 10.1. The van der Waals surface area contributed by atoms with Crippen LogP contribution in [0.1, 0.15) is 12.8 Å². The molecular weight excluding hydrogens is 220 g/mol. The van der Waals surface area contributed by atoms with Crippen LogP contribution in [-0.2, 0) is 9.59 Å². The van der Waals surface area contributed by atoms with Gasteiger partial charge in [-0.2, -0.15) is 0 Å². The molecule has 5 heteroatoms. The predicted molar refractivity (Wildman–Crippen MR) is 61.9 cm³/mol. The minimum absolute atomic E-state index is 0.0424. The molecular formula is C12H12N2O3. The fraction of sp³-hybridized carbons (Fsp3) is 0.333. The maximum Gasteiger partial charge on any atom is 0.262 e. The predicted octanol–water partition coefficient (Wildman–Crippen LogP) is 1.37. The zero-order valence-electron chi connectivity index (χ0n) is 9.16. The first-order chi connectivity index (χ1) is 8.22. The van der Waals surface area contributed by atoms with Gasteiger partial charge in [0.05, 0.1) is 5.69 Å². The van der Waals surface area contributed by atoms with E-state index in [1.54, 1.807) is 18.2 Å². The van der Waals surface area contributed by atoms with Crippen LogP contribution in [0.3, 0.4) is 0 Å². The van der Waals surface area contributed by atoms with Gasteiger partial charge in [-0.15, -0.1) is 0 Å². The van der Waals surface area contributed by atoms with Crippen molar-refractivity contribution in [3.05, 3.63) is 18.2 Å². The smallest absolute Gasteiger partial charge is 0.262 e. The summed E-state index contributed by atoms with van der Waals surface area (Å²) in [4.78, 5) is 22.7. The highest BCUT2D eigenvalue weighted by Gasteiger charge is 2.29. The van der Waals surface area contributed by atoms with E-state index >= 15 is 0 Å². The first-order valence-electron chi connectivity index (χ1n) is 5.60. The minimum Gasteiger partial charge on any atom is -0.482 e. The Morgan fingerprint density at radius 2 is 2.24 bits per heavy atom. The van der Waals surface area contributed by atoms with Crippen molar-refractivity contribution in [1.29, 1.82) is 0 Å². The Morgan fingerprint density at radius 3 is 3.00 bits per heavy atom. The number of rotatable bonds is 2. The largest absolute Gasteiger partial charge is 0.482 e. The lowest BCUT2D eigenvalue weighted by molar-refractivity contribution is -0.118. The Hall–Kier alpha value is -2.04. The van der Waals surface area contributed by atoms with E-state index in [9.17, 15) is 9.59 Å². The molecule has 1 aromatic rings. The number of anilines is 2. The highest BCUT2D eigenvalue weighted by Crippen LogP contribution is 2.33. The number of carbonyl (C=O) groups excluding carboxylic acids is 2. The molecule has 0 radical (unpaired) electrons. The Balaban J connectivity index is 1.79. The average molecular weight is 232 g/mol. The zero-order chi connectivity index (χ0) is 11.8. The Bertz CT molecular complexity index is 495. The van der Waals surface area contributed by atoms with Crippen LogP contribution in [0.4, 0.5) is 11.4 Å². The zero-order valence-corrected chi connectivity index (χ0v) is 9.16. The average Bonchev–Trinajstić information content (AvgIpc) is 3.12.